The number of hydrogen-bond acceptors (Lipinski definition) is 4. The molecule has 1 aliphatic carbocycles. The zero-order valence-corrected chi connectivity index (χ0v) is 16.2. The summed E-state index contributed by atoms with van der Waals surface area (Å²) < 4.78 is 37.8. The lowest BCUT2D eigenvalue weighted by Gasteiger charge is -2.30. The highest BCUT2D eigenvalue weighted by molar-refractivity contribution is 7.99. The van der Waals surface area contributed by atoms with E-state index in [2.05, 4.69) is 27.5 Å². The molecule has 142 valence electrons. The Balaban J connectivity index is 1.95. The number of thiazole rings is 1. The summed E-state index contributed by atoms with van der Waals surface area (Å²) in [5.74, 6) is 1.77. The van der Waals surface area contributed by atoms with Crippen molar-refractivity contribution in [2.45, 2.75) is 63.5 Å². The Morgan fingerprint density at radius 2 is 2.20 bits per heavy atom. The molecule has 1 fully saturated rings. The fourth-order valence-electron chi connectivity index (χ4n) is 2.84. The molecule has 1 aromatic rings. The van der Waals surface area contributed by atoms with Crippen LogP contribution in [-0.4, -0.2) is 34.5 Å². The summed E-state index contributed by atoms with van der Waals surface area (Å²) >= 11 is 2.99. The molecule has 1 heterocycles. The summed E-state index contributed by atoms with van der Waals surface area (Å²) in [5, 5.41) is 8.69. The summed E-state index contributed by atoms with van der Waals surface area (Å²) in [6, 6.07) is 0.359. The number of alkyl halides is 3. The van der Waals surface area contributed by atoms with E-state index >= 15 is 0 Å². The van der Waals surface area contributed by atoms with E-state index < -0.39 is 11.9 Å². The Labute approximate surface area is 155 Å². The van der Waals surface area contributed by atoms with Crippen LogP contribution in [0.2, 0.25) is 0 Å². The van der Waals surface area contributed by atoms with Crippen LogP contribution in [0.1, 0.15) is 50.2 Å². The Morgan fingerprint density at radius 1 is 1.40 bits per heavy atom. The quantitative estimate of drug-likeness (QED) is 0.558. The first-order chi connectivity index (χ1) is 11.9. The molecule has 4 nitrogen and oxygen atoms in total. The zero-order valence-electron chi connectivity index (χ0n) is 14.5. The van der Waals surface area contributed by atoms with E-state index in [0.29, 0.717) is 28.8 Å². The molecule has 1 saturated carbocycles. The number of aromatic nitrogens is 1. The molecule has 1 aliphatic rings. The van der Waals surface area contributed by atoms with Crippen LogP contribution < -0.4 is 10.6 Å². The van der Waals surface area contributed by atoms with E-state index in [-0.39, 0.29) is 6.54 Å². The van der Waals surface area contributed by atoms with Crippen LogP contribution in [0.15, 0.2) is 10.4 Å². The number of halogens is 3. The molecule has 0 aliphatic heterocycles. The van der Waals surface area contributed by atoms with Crippen molar-refractivity contribution in [3.05, 3.63) is 16.1 Å². The fraction of sp³-hybridized carbons (Fsp3) is 0.750. The molecule has 1 aromatic heterocycles. The molecule has 2 rings (SSSR count). The largest absolute Gasteiger partial charge is 0.434 e. The Kier molecular flexibility index (Phi) is 7.86. The number of hydrogen-bond donors (Lipinski definition) is 2. The molecule has 0 saturated heterocycles. The van der Waals surface area contributed by atoms with E-state index in [1.807, 2.05) is 18.7 Å². The van der Waals surface area contributed by atoms with Gasteiger partial charge >= 0.3 is 6.18 Å². The maximum atomic E-state index is 12.6. The van der Waals surface area contributed by atoms with Crippen LogP contribution in [0, 0.1) is 0 Å². The van der Waals surface area contributed by atoms with Gasteiger partial charge in [0, 0.05) is 23.2 Å². The first kappa shape index (κ1) is 20.4. The van der Waals surface area contributed by atoms with Gasteiger partial charge in [-0.15, -0.1) is 11.3 Å². The third kappa shape index (κ3) is 6.69. The Morgan fingerprint density at radius 3 is 2.84 bits per heavy atom. The van der Waals surface area contributed by atoms with Crippen LogP contribution in [0.4, 0.5) is 13.2 Å². The minimum absolute atomic E-state index is 0.149. The van der Waals surface area contributed by atoms with Crippen LogP contribution in [0.25, 0.3) is 0 Å². The normalized spacial score (nSPS) is 22.0. The van der Waals surface area contributed by atoms with Crippen molar-refractivity contribution in [1.29, 1.82) is 0 Å². The van der Waals surface area contributed by atoms with Crippen molar-refractivity contribution >= 4 is 29.1 Å². The van der Waals surface area contributed by atoms with Crippen molar-refractivity contribution in [3.8, 4) is 0 Å². The van der Waals surface area contributed by atoms with Gasteiger partial charge in [0.15, 0.2) is 11.7 Å². The molecule has 25 heavy (non-hydrogen) atoms. The number of thioether (sulfide) groups is 1. The average Bonchev–Trinajstić information content (AvgIpc) is 3.03. The van der Waals surface area contributed by atoms with Crippen molar-refractivity contribution < 1.29 is 13.2 Å². The predicted octanol–water partition coefficient (Wildman–Crippen LogP) is 4.28. The van der Waals surface area contributed by atoms with Gasteiger partial charge in [-0.25, -0.2) is 9.98 Å². The lowest BCUT2D eigenvalue weighted by Crippen LogP contribution is -2.45. The molecule has 2 unspecified atom stereocenters. The molecule has 0 spiro atoms. The number of aliphatic imine (C=N–C) groups is 1. The van der Waals surface area contributed by atoms with Crippen molar-refractivity contribution in [2.24, 2.45) is 4.99 Å². The number of nitrogens with one attached hydrogen (secondary N) is 2. The molecule has 0 amide bonds. The third-order valence-electron chi connectivity index (χ3n) is 3.93. The molecule has 2 atom stereocenters. The van der Waals surface area contributed by atoms with Gasteiger partial charge in [-0.3, -0.25) is 0 Å². The van der Waals surface area contributed by atoms with E-state index in [9.17, 15) is 13.2 Å². The first-order valence-electron chi connectivity index (χ1n) is 8.60. The van der Waals surface area contributed by atoms with Crippen molar-refractivity contribution in [3.63, 3.8) is 0 Å². The topological polar surface area (TPSA) is 49.3 Å². The van der Waals surface area contributed by atoms with E-state index in [1.165, 1.54) is 12.8 Å². The lowest BCUT2D eigenvalue weighted by atomic mass is 9.95. The maximum absolute atomic E-state index is 12.6. The van der Waals surface area contributed by atoms with Crippen LogP contribution in [0.3, 0.4) is 0 Å². The second kappa shape index (κ2) is 9.66. The Hall–Kier alpha value is -0.960. The summed E-state index contributed by atoms with van der Waals surface area (Å²) in [6.07, 6.45) is 0.244. The van der Waals surface area contributed by atoms with Crippen molar-refractivity contribution in [2.75, 3.05) is 12.3 Å². The van der Waals surface area contributed by atoms with Crippen LogP contribution in [-0.2, 0) is 12.7 Å². The molecule has 0 radical (unpaired) electrons. The first-order valence-corrected chi connectivity index (χ1v) is 10.5. The van der Waals surface area contributed by atoms with Gasteiger partial charge in [-0.2, -0.15) is 24.9 Å². The molecule has 2 N–H and O–H groups in total. The monoisotopic (exact) mass is 394 g/mol. The highest BCUT2D eigenvalue weighted by Crippen LogP contribution is 2.30. The molecule has 9 heteroatoms. The smallest absolute Gasteiger partial charge is 0.357 e. The van der Waals surface area contributed by atoms with E-state index in [4.69, 9.17) is 0 Å². The van der Waals surface area contributed by atoms with Gasteiger partial charge < -0.3 is 10.6 Å². The summed E-state index contributed by atoms with van der Waals surface area (Å²) in [6.45, 7) is 5.00. The molecular formula is C16H25F3N4S2. The van der Waals surface area contributed by atoms with Gasteiger partial charge in [-0.1, -0.05) is 13.3 Å². The molecular weight excluding hydrogens is 369 g/mol. The van der Waals surface area contributed by atoms with Gasteiger partial charge in [-0.05, 0) is 31.9 Å². The lowest BCUT2D eigenvalue weighted by molar-refractivity contribution is -0.140. The van der Waals surface area contributed by atoms with Crippen molar-refractivity contribution in [1.82, 2.24) is 15.6 Å². The zero-order chi connectivity index (χ0) is 18.3. The van der Waals surface area contributed by atoms with Crippen LogP contribution >= 0.6 is 23.1 Å². The minimum Gasteiger partial charge on any atom is -0.357 e. The van der Waals surface area contributed by atoms with E-state index in [1.54, 1.807) is 0 Å². The predicted molar refractivity (Wildman–Crippen MR) is 99.2 cm³/mol. The highest BCUT2D eigenvalue weighted by Gasteiger charge is 2.33. The summed E-state index contributed by atoms with van der Waals surface area (Å²) in [4.78, 5) is 8.04. The third-order valence-corrected chi connectivity index (χ3v) is 5.99. The van der Waals surface area contributed by atoms with Gasteiger partial charge in [0.1, 0.15) is 5.01 Å². The number of nitrogens with zero attached hydrogens (tertiary/aromatic N) is 2. The number of guanidine groups is 1. The highest BCUT2D eigenvalue weighted by atomic mass is 32.2. The summed E-state index contributed by atoms with van der Waals surface area (Å²) in [7, 11) is 0. The fourth-order valence-corrected chi connectivity index (χ4v) is 4.73. The maximum Gasteiger partial charge on any atom is 0.434 e. The average molecular weight is 395 g/mol. The Bertz CT molecular complexity index is 558. The SMILES string of the molecule is CCNC(=NCc1nc(C(F)(F)F)cs1)NC1CCCC(SCC)C1. The molecule has 0 aromatic carbocycles. The second-order valence-electron chi connectivity index (χ2n) is 5.90. The molecule has 0 bridgehead atoms. The van der Waals surface area contributed by atoms with Gasteiger partial charge in [0.25, 0.3) is 0 Å². The van der Waals surface area contributed by atoms with Gasteiger partial charge in [0.05, 0.1) is 6.54 Å². The summed E-state index contributed by atoms with van der Waals surface area (Å²) in [5.41, 5.74) is -0.840. The van der Waals surface area contributed by atoms with Crippen LogP contribution in [0.5, 0.6) is 0 Å². The standard InChI is InChI=1S/C16H25F3N4S2/c1-3-20-15(22-11-6-5-7-12(8-11)24-4-2)21-9-14-23-13(10-25-14)16(17,18)19/h10-12H,3-9H2,1-2H3,(H2,20,21,22). The number of rotatable bonds is 6. The second-order valence-corrected chi connectivity index (χ2v) is 8.42. The van der Waals surface area contributed by atoms with E-state index in [0.717, 1.165) is 35.3 Å². The van der Waals surface area contributed by atoms with Gasteiger partial charge in [0.2, 0.25) is 0 Å². The minimum atomic E-state index is -4.39.